The van der Waals surface area contributed by atoms with E-state index in [0.29, 0.717) is 39.8 Å². The van der Waals surface area contributed by atoms with Crippen molar-refractivity contribution in [2.24, 2.45) is 0 Å². The second-order valence-electron chi connectivity index (χ2n) is 7.48. The van der Waals surface area contributed by atoms with Crippen LogP contribution >= 0.6 is 11.6 Å². The van der Waals surface area contributed by atoms with E-state index >= 15 is 0 Å². The van der Waals surface area contributed by atoms with Gasteiger partial charge < -0.3 is 14.9 Å². The molecule has 10 nitrogen and oxygen atoms in total. The second-order valence-corrected chi connectivity index (χ2v) is 9.87. The van der Waals surface area contributed by atoms with Gasteiger partial charge in [-0.15, -0.1) is 0 Å². The fourth-order valence-corrected chi connectivity index (χ4v) is 5.08. The van der Waals surface area contributed by atoms with Crippen LogP contribution in [0.5, 0.6) is 0 Å². The summed E-state index contributed by atoms with van der Waals surface area (Å²) in [7, 11) is -3.46. The minimum atomic E-state index is -3.46. The predicted octanol–water partition coefficient (Wildman–Crippen LogP) is 1.73. The van der Waals surface area contributed by atoms with Crippen LogP contribution in [0.1, 0.15) is 25.1 Å². The molecule has 0 bridgehead atoms. The maximum atomic E-state index is 12.5. The Bertz CT molecular complexity index is 1460. The summed E-state index contributed by atoms with van der Waals surface area (Å²) in [6, 6.07) is 1.61. The molecular weight excluding hydrogens is 430 g/mol. The zero-order valence-electron chi connectivity index (χ0n) is 16.1. The smallest absolute Gasteiger partial charge is 0.276 e. The summed E-state index contributed by atoms with van der Waals surface area (Å²) in [5.74, 6) is 0.942. The Kier molecular flexibility index (Phi) is 4.16. The first kappa shape index (κ1) is 19.1. The first-order valence-corrected chi connectivity index (χ1v) is 11.6. The van der Waals surface area contributed by atoms with E-state index in [2.05, 4.69) is 25.0 Å². The standard InChI is InChI=1S/C18H18ClN7O3S/c1-9(15-23-18(27)14-10(19)3-6-26(14)24-15)11-4-5-25(11)17-13-12(30(2,28)29)7-20-16(13)21-8-22-17/h3,6-9,11H,4-5H2,1-2H3,(H,20,21,22)(H,23,24,27). The van der Waals surface area contributed by atoms with Gasteiger partial charge in [-0.3, -0.25) is 4.79 Å². The Balaban J connectivity index is 1.56. The van der Waals surface area contributed by atoms with Crippen molar-refractivity contribution in [1.82, 2.24) is 29.5 Å². The molecule has 0 radical (unpaired) electrons. The van der Waals surface area contributed by atoms with Gasteiger partial charge in [-0.25, -0.2) is 22.9 Å². The van der Waals surface area contributed by atoms with Crippen LogP contribution in [0.3, 0.4) is 0 Å². The molecule has 5 heterocycles. The number of fused-ring (bicyclic) bond motifs is 2. The van der Waals surface area contributed by atoms with Crippen LogP contribution in [0.2, 0.25) is 5.02 Å². The molecule has 2 N–H and O–H groups in total. The fraction of sp³-hybridized carbons (Fsp3) is 0.333. The van der Waals surface area contributed by atoms with Crippen molar-refractivity contribution in [3.63, 3.8) is 0 Å². The third kappa shape index (κ3) is 2.80. The maximum Gasteiger partial charge on any atom is 0.276 e. The SMILES string of the molecule is CC(c1nn2ccc(Cl)c2c(=O)[nH]1)C1CCN1c1ncnc2[nH]cc(S(C)(=O)=O)c12. The third-order valence-corrected chi connectivity index (χ3v) is 7.08. The summed E-state index contributed by atoms with van der Waals surface area (Å²) in [6.07, 6.45) is 6.51. The van der Waals surface area contributed by atoms with E-state index in [4.69, 9.17) is 11.6 Å². The number of anilines is 1. The molecule has 30 heavy (non-hydrogen) atoms. The average molecular weight is 448 g/mol. The van der Waals surface area contributed by atoms with Gasteiger partial charge in [0.15, 0.2) is 9.84 Å². The number of hydrogen-bond acceptors (Lipinski definition) is 7. The predicted molar refractivity (Wildman–Crippen MR) is 112 cm³/mol. The van der Waals surface area contributed by atoms with Gasteiger partial charge in [-0.2, -0.15) is 5.10 Å². The molecule has 1 fully saturated rings. The first-order valence-electron chi connectivity index (χ1n) is 9.31. The molecule has 1 aliphatic heterocycles. The molecule has 0 spiro atoms. The van der Waals surface area contributed by atoms with Crippen molar-refractivity contribution in [2.75, 3.05) is 17.7 Å². The van der Waals surface area contributed by atoms with Gasteiger partial charge >= 0.3 is 0 Å². The lowest BCUT2D eigenvalue weighted by atomic mass is 9.89. The van der Waals surface area contributed by atoms with E-state index in [1.165, 1.54) is 17.0 Å². The molecule has 0 aliphatic carbocycles. The average Bonchev–Trinajstić information content (AvgIpc) is 3.25. The van der Waals surface area contributed by atoms with Crippen LogP contribution in [-0.4, -0.2) is 56.8 Å². The van der Waals surface area contributed by atoms with Crippen molar-refractivity contribution in [3.05, 3.63) is 46.0 Å². The molecular formula is C18H18ClN7O3S. The summed E-state index contributed by atoms with van der Waals surface area (Å²) in [4.78, 5) is 28.9. The lowest BCUT2D eigenvalue weighted by Gasteiger charge is -2.45. The molecule has 156 valence electrons. The Labute approximate surface area is 175 Å². The molecule has 12 heteroatoms. The highest BCUT2D eigenvalue weighted by Gasteiger charge is 2.37. The van der Waals surface area contributed by atoms with Crippen molar-refractivity contribution in [1.29, 1.82) is 0 Å². The highest BCUT2D eigenvalue weighted by atomic mass is 35.5. The molecule has 1 saturated heterocycles. The van der Waals surface area contributed by atoms with E-state index < -0.39 is 9.84 Å². The molecule has 0 amide bonds. The van der Waals surface area contributed by atoms with E-state index in [1.807, 2.05) is 11.8 Å². The third-order valence-electron chi connectivity index (χ3n) is 5.65. The van der Waals surface area contributed by atoms with E-state index in [1.54, 1.807) is 12.3 Å². The fourth-order valence-electron chi connectivity index (χ4n) is 4.02. The number of rotatable bonds is 4. The molecule has 0 saturated carbocycles. The Morgan fingerprint density at radius 3 is 2.83 bits per heavy atom. The first-order chi connectivity index (χ1) is 14.3. The van der Waals surface area contributed by atoms with Gasteiger partial charge in [-0.1, -0.05) is 18.5 Å². The molecule has 4 aromatic heterocycles. The van der Waals surface area contributed by atoms with Gasteiger partial charge in [0.1, 0.15) is 29.1 Å². The molecule has 1 aliphatic rings. The Morgan fingerprint density at radius 2 is 2.13 bits per heavy atom. The minimum Gasteiger partial charge on any atom is -0.352 e. The van der Waals surface area contributed by atoms with Crippen molar-refractivity contribution in [3.8, 4) is 0 Å². The molecule has 0 aromatic carbocycles. The number of halogens is 1. The number of nitrogens with zero attached hydrogens (tertiary/aromatic N) is 5. The van der Waals surface area contributed by atoms with Gasteiger partial charge in [0.25, 0.3) is 5.56 Å². The summed E-state index contributed by atoms with van der Waals surface area (Å²) < 4.78 is 25.9. The van der Waals surface area contributed by atoms with Crippen LogP contribution in [-0.2, 0) is 9.84 Å². The lowest BCUT2D eigenvalue weighted by molar-refractivity contribution is 0.380. The van der Waals surface area contributed by atoms with E-state index in [9.17, 15) is 13.2 Å². The van der Waals surface area contributed by atoms with Crippen LogP contribution in [0, 0.1) is 0 Å². The van der Waals surface area contributed by atoms with E-state index in [0.717, 1.165) is 12.7 Å². The number of nitrogens with one attached hydrogen (secondary N) is 2. The van der Waals surface area contributed by atoms with Gasteiger partial charge in [0, 0.05) is 37.2 Å². The highest BCUT2D eigenvalue weighted by molar-refractivity contribution is 7.91. The van der Waals surface area contributed by atoms with Crippen molar-refractivity contribution >= 4 is 43.8 Å². The normalized spacial score (nSPS) is 18.1. The Hall–Kier alpha value is -2.92. The zero-order chi connectivity index (χ0) is 21.2. The van der Waals surface area contributed by atoms with Crippen molar-refractivity contribution < 1.29 is 8.42 Å². The van der Waals surface area contributed by atoms with E-state index in [-0.39, 0.29) is 22.4 Å². The quantitative estimate of drug-likeness (QED) is 0.487. The maximum absolute atomic E-state index is 12.5. The molecule has 4 aromatic rings. The zero-order valence-corrected chi connectivity index (χ0v) is 17.7. The lowest BCUT2D eigenvalue weighted by Crippen LogP contribution is -2.51. The summed E-state index contributed by atoms with van der Waals surface area (Å²) in [5.41, 5.74) is 0.469. The van der Waals surface area contributed by atoms with Crippen LogP contribution < -0.4 is 10.5 Å². The van der Waals surface area contributed by atoms with Crippen LogP contribution in [0.25, 0.3) is 16.6 Å². The van der Waals surface area contributed by atoms with Gasteiger partial charge in [-0.05, 0) is 12.5 Å². The monoisotopic (exact) mass is 447 g/mol. The molecule has 2 atom stereocenters. The number of aromatic amines is 2. The summed E-state index contributed by atoms with van der Waals surface area (Å²) >= 11 is 6.06. The number of H-pyrrole nitrogens is 2. The molecule has 2 unspecified atom stereocenters. The second kappa shape index (κ2) is 6.54. The van der Waals surface area contributed by atoms with Crippen LogP contribution in [0.15, 0.2) is 34.5 Å². The Morgan fingerprint density at radius 1 is 1.33 bits per heavy atom. The topological polar surface area (TPSA) is 129 Å². The minimum absolute atomic E-state index is 0.0166. The van der Waals surface area contributed by atoms with Gasteiger partial charge in [0.2, 0.25) is 0 Å². The number of hydrogen-bond donors (Lipinski definition) is 2. The van der Waals surface area contributed by atoms with Crippen LogP contribution in [0.4, 0.5) is 5.82 Å². The molecule has 5 rings (SSSR count). The number of sulfone groups is 1. The number of aromatic nitrogens is 6. The highest BCUT2D eigenvalue weighted by Crippen LogP contribution is 2.38. The largest absolute Gasteiger partial charge is 0.352 e. The summed E-state index contributed by atoms with van der Waals surface area (Å²) in [5, 5.41) is 5.33. The summed E-state index contributed by atoms with van der Waals surface area (Å²) in [6.45, 7) is 2.68. The van der Waals surface area contributed by atoms with Gasteiger partial charge in [0.05, 0.1) is 15.3 Å². The van der Waals surface area contributed by atoms with Crippen molar-refractivity contribution in [2.45, 2.75) is 30.2 Å².